The molecule has 7 nitrogen and oxygen atoms in total. The minimum Gasteiger partial charge on any atom is -0.419 e. The standard InChI is InChI=1S/C24H15Cl2N5O2/c25-17-11-12-18(19(26)13-17)23-29-28-20(33-23)14-31-24(32)27-21(15-7-3-1-4-8-15)22(30-31)16-9-5-2-6-10-16/h1-13H,14H2. The van der Waals surface area contributed by atoms with E-state index < -0.39 is 5.69 Å². The molecule has 0 aliphatic heterocycles. The van der Waals surface area contributed by atoms with Crippen LogP contribution >= 0.6 is 23.2 Å². The number of nitrogens with zero attached hydrogens (tertiary/aromatic N) is 5. The summed E-state index contributed by atoms with van der Waals surface area (Å²) in [4.78, 5) is 17.2. The summed E-state index contributed by atoms with van der Waals surface area (Å²) in [6.07, 6.45) is 0. The fourth-order valence-electron chi connectivity index (χ4n) is 3.33. The van der Waals surface area contributed by atoms with Crippen molar-refractivity contribution in [3.05, 3.63) is 105 Å². The Hall–Kier alpha value is -3.81. The van der Waals surface area contributed by atoms with Gasteiger partial charge in [0.25, 0.3) is 0 Å². The van der Waals surface area contributed by atoms with Crippen molar-refractivity contribution >= 4 is 23.2 Å². The van der Waals surface area contributed by atoms with Crippen molar-refractivity contribution in [3.8, 4) is 34.0 Å². The fourth-order valence-corrected chi connectivity index (χ4v) is 3.81. The zero-order valence-corrected chi connectivity index (χ0v) is 18.5. The molecule has 0 fully saturated rings. The minimum atomic E-state index is -0.530. The molecule has 0 saturated heterocycles. The van der Waals surface area contributed by atoms with Crippen molar-refractivity contribution in [1.82, 2.24) is 25.0 Å². The first-order valence-electron chi connectivity index (χ1n) is 9.96. The van der Waals surface area contributed by atoms with Crippen molar-refractivity contribution in [1.29, 1.82) is 0 Å². The van der Waals surface area contributed by atoms with Crippen molar-refractivity contribution in [3.63, 3.8) is 0 Å². The SMILES string of the molecule is O=c1nc(-c2ccccc2)c(-c2ccccc2)nn1Cc1nnc(-c2ccc(Cl)cc2Cl)o1. The lowest BCUT2D eigenvalue weighted by atomic mass is 10.0. The predicted octanol–water partition coefficient (Wildman–Crippen LogP) is 5.38. The lowest BCUT2D eigenvalue weighted by molar-refractivity contribution is 0.462. The number of hydrogen-bond acceptors (Lipinski definition) is 6. The number of halogens is 2. The maximum Gasteiger partial charge on any atom is 0.365 e. The molecule has 0 radical (unpaired) electrons. The molecule has 0 N–H and O–H groups in total. The molecule has 0 unspecified atom stereocenters. The highest BCUT2D eigenvalue weighted by atomic mass is 35.5. The van der Waals surface area contributed by atoms with Crippen LogP contribution in [-0.4, -0.2) is 25.0 Å². The van der Waals surface area contributed by atoms with Crippen LogP contribution in [0.25, 0.3) is 34.0 Å². The number of aromatic nitrogens is 5. The maximum absolute atomic E-state index is 12.8. The Balaban J connectivity index is 1.55. The van der Waals surface area contributed by atoms with Crippen LogP contribution in [0.15, 0.2) is 88.1 Å². The smallest absolute Gasteiger partial charge is 0.365 e. The molecule has 5 rings (SSSR count). The van der Waals surface area contributed by atoms with E-state index in [0.29, 0.717) is 27.0 Å². The molecule has 2 aromatic heterocycles. The lowest BCUT2D eigenvalue weighted by Crippen LogP contribution is -2.27. The molecular formula is C24H15Cl2N5O2. The maximum atomic E-state index is 12.8. The van der Waals surface area contributed by atoms with Gasteiger partial charge in [0.15, 0.2) is 0 Å². The van der Waals surface area contributed by atoms with Crippen LogP contribution in [0, 0.1) is 0 Å². The summed E-state index contributed by atoms with van der Waals surface area (Å²) in [5.74, 6) is 0.413. The average Bonchev–Trinajstić information content (AvgIpc) is 3.29. The van der Waals surface area contributed by atoms with Gasteiger partial charge in [-0.3, -0.25) is 0 Å². The second-order valence-corrected chi connectivity index (χ2v) is 7.95. The Labute approximate surface area is 198 Å². The molecule has 3 aromatic carbocycles. The van der Waals surface area contributed by atoms with Crippen molar-refractivity contribution in [2.75, 3.05) is 0 Å². The van der Waals surface area contributed by atoms with E-state index in [4.69, 9.17) is 27.6 Å². The Bertz CT molecular complexity index is 1480. The van der Waals surface area contributed by atoms with Gasteiger partial charge in [-0.05, 0) is 18.2 Å². The van der Waals surface area contributed by atoms with E-state index in [0.717, 1.165) is 11.1 Å². The average molecular weight is 476 g/mol. The minimum absolute atomic E-state index is 0.0427. The molecule has 2 heterocycles. The third kappa shape index (κ3) is 4.41. The van der Waals surface area contributed by atoms with Crippen LogP contribution < -0.4 is 5.69 Å². The predicted molar refractivity (Wildman–Crippen MR) is 126 cm³/mol. The van der Waals surface area contributed by atoms with E-state index in [1.807, 2.05) is 60.7 Å². The summed E-state index contributed by atoms with van der Waals surface area (Å²) in [5.41, 5.74) is 2.71. The van der Waals surface area contributed by atoms with E-state index in [1.54, 1.807) is 18.2 Å². The Morgan fingerprint density at radius 2 is 1.48 bits per heavy atom. The van der Waals surface area contributed by atoms with E-state index in [-0.39, 0.29) is 18.3 Å². The number of rotatable bonds is 5. The van der Waals surface area contributed by atoms with Crippen LogP contribution in [-0.2, 0) is 6.54 Å². The van der Waals surface area contributed by atoms with Crippen LogP contribution in [0.4, 0.5) is 0 Å². The first-order chi connectivity index (χ1) is 16.1. The quantitative estimate of drug-likeness (QED) is 0.339. The van der Waals surface area contributed by atoms with Gasteiger partial charge in [0.05, 0.1) is 10.6 Å². The molecule has 0 aliphatic carbocycles. The highest BCUT2D eigenvalue weighted by Gasteiger charge is 2.17. The summed E-state index contributed by atoms with van der Waals surface area (Å²) in [6.45, 7) is -0.0427. The van der Waals surface area contributed by atoms with Crippen LogP contribution in [0.1, 0.15) is 5.89 Å². The van der Waals surface area contributed by atoms with Crippen LogP contribution in [0.3, 0.4) is 0 Å². The van der Waals surface area contributed by atoms with E-state index in [9.17, 15) is 4.79 Å². The Morgan fingerprint density at radius 1 is 0.818 bits per heavy atom. The normalized spacial score (nSPS) is 11.0. The van der Waals surface area contributed by atoms with Gasteiger partial charge in [-0.25, -0.2) is 9.48 Å². The Kier molecular flexibility index (Phi) is 5.73. The molecular weight excluding hydrogens is 461 g/mol. The zero-order chi connectivity index (χ0) is 22.8. The summed E-state index contributed by atoms with van der Waals surface area (Å²) in [6, 6.07) is 24.0. The lowest BCUT2D eigenvalue weighted by Gasteiger charge is -2.10. The monoisotopic (exact) mass is 475 g/mol. The molecule has 0 aliphatic rings. The van der Waals surface area contributed by atoms with Crippen LogP contribution in [0.2, 0.25) is 10.0 Å². The van der Waals surface area contributed by atoms with E-state index in [1.165, 1.54) is 4.68 Å². The molecule has 5 aromatic rings. The van der Waals surface area contributed by atoms with Gasteiger partial charge < -0.3 is 4.42 Å². The molecule has 0 bridgehead atoms. The highest BCUT2D eigenvalue weighted by molar-refractivity contribution is 6.36. The van der Waals surface area contributed by atoms with Gasteiger partial charge >= 0.3 is 5.69 Å². The molecule has 33 heavy (non-hydrogen) atoms. The summed E-state index contributed by atoms with van der Waals surface area (Å²) < 4.78 is 6.94. The van der Waals surface area contributed by atoms with Gasteiger partial charge in [-0.1, -0.05) is 83.9 Å². The molecule has 0 amide bonds. The molecule has 162 valence electrons. The molecule has 0 spiro atoms. The number of benzene rings is 3. The second kappa shape index (κ2) is 8.97. The van der Waals surface area contributed by atoms with Crippen molar-refractivity contribution < 1.29 is 4.42 Å². The molecule has 0 saturated carbocycles. The first kappa shape index (κ1) is 21.1. The first-order valence-corrected chi connectivity index (χ1v) is 10.7. The van der Waals surface area contributed by atoms with Gasteiger partial charge in [0.1, 0.15) is 17.9 Å². The van der Waals surface area contributed by atoms with Gasteiger partial charge in [-0.15, -0.1) is 10.2 Å². The third-order valence-electron chi connectivity index (χ3n) is 4.88. The van der Waals surface area contributed by atoms with Gasteiger partial charge in [0.2, 0.25) is 11.8 Å². The summed E-state index contributed by atoms with van der Waals surface area (Å²) >= 11 is 12.2. The molecule has 9 heteroatoms. The Morgan fingerprint density at radius 3 is 2.15 bits per heavy atom. The molecule has 0 atom stereocenters. The van der Waals surface area contributed by atoms with E-state index >= 15 is 0 Å². The highest BCUT2D eigenvalue weighted by Crippen LogP contribution is 2.30. The largest absolute Gasteiger partial charge is 0.419 e. The van der Waals surface area contributed by atoms with E-state index in [2.05, 4.69) is 20.3 Å². The topological polar surface area (TPSA) is 86.7 Å². The van der Waals surface area contributed by atoms with Crippen molar-refractivity contribution in [2.24, 2.45) is 0 Å². The van der Waals surface area contributed by atoms with Crippen molar-refractivity contribution in [2.45, 2.75) is 6.54 Å². The summed E-state index contributed by atoms with van der Waals surface area (Å²) in [7, 11) is 0. The number of hydrogen-bond donors (Lipinski definition) is 0. The second-order valence-electron chi connectivity index (χ2n) is 7.11. The van der Waals surface area contributed by atoms with Gasteiger partial charge in [0, 0.05) is 16.1 Å². The fraction of sp³-hybridized carbons (Fsp3) is 0.0417. The zero-order valence-electron chi connectivity index (χ0n) is 17.0. The summed E-state index contributed by atoms with van der Waals surface area (Å²) in [5, 5.41) is 13.6. The van der Waals surface area contributed by atoms with Crippen LogP contribution in [0.5, 0.6) is 0 Å². The van der Waals surface area contributed by atoms with Gasteiger partial charge in [-0.2, -0.15) is 10.1 Å². The third-order valence-corrected chi connectivity index (χ3v) is 5.43.